The van der Waals surface area contributed by atoms with Crippen molar-refractivity contribution >= 4 is 0 Å². The molecule has 0 saturated heterocycles. The van der Waals surface area contributed by atoms with E-state index in [0.29, 0.717) is 0 Å². The Morgan fingerprint density at radius 2 is 2.43 bits per heavy atom. The number of hydrogen-bond donors (Lipinski definition) is 0. The van der Waals surface area contributed by atoms with Crippen molar-refractivity contribution in [2.24, 2.45) is 0 Å². The highest BCUT2D eigenvalue weighted by Gasteiger charge is 1.88. The molecule has 1 aliphatic rings. The summed E-state index contributed by atoms with van der Waals surface area (Å²) in [6.45, 7) is 0.858. The second-order valence-corrected chi connectivity index (χ2v) is 1.56. The third-order valence-electron chi connectivity index (χ3n) is 0.935. The Morgan fingerprint density at radius 1 is 1.43 bits per heavy atom. The van der Waals surface area contributed by atoms with Gasteiger partial charge in [0.15, 0.2) is 0 Å². The minimum atomic E-state index is 0.858. The van der Waals surface area contributed by atoms with Crippen molar-refractivity contribution in [1.29, 1.82) is 0 Å². The quantitative estimate of drug-likeness (QED) is 0.445. The van der Waals surface area contributed by atoms with Gasteiger partial charge in [-0.25, -0.2) is 0 Å². The summed E-state index contributed by atoms with van der Waals surface area (Å²) in [5, 5.41) is 0. The first-order chi connectivity index (χ1) is 3.50. The monoisotopic (exact) mass is 97.1 g/mol. The molecular weight excluding hydrogens is 88.1 g/mol. The van der Waals surface area contributed by atoms with Crippen LogP contribution in [0.1, 0.15) is 12.8 Å². The predicted octanol–water partition coefficient (Wildman–Crippen LogP) is 1.51. The maximum atomic E-state index is 4.98. The van der Waals surface area contributed by atoms with E-state index >= 15 is 0 Å². The molecule has 0 aliphatic carbocycles. The maximum Gasteiger partial charge on any atom is 0.0876 e. The van der Waals surface area contributed by atoms with E-state index in [0.717, 1.165) is 19.4 Å². The molecule has 0 aromatic carbocycles. The SMILES string of the molecule is [CH]1CC=COCC1. The van der Waals surface area contributed by atoms with Crippen molar-refractivity contribution in [3.05, 3.63) is 18.8 Å². The molecule has 0 atom stereocenters. The van der Waals surface area contributed by atoms with Gasteiger partial charge < -0.3 is 4.74 Å². The smallest absolute Gasteiger partial charge is 0.0876 e. The van der Waals surface area contributed by atoms with E-state index in [1.807, 2.05) is 6.08 Å². The van der Waals surface area contributed by atoms with Gasteiger partial charge >= 0.3 is 0 Å². The van der Waals surface area contributed by atoms with E-state index in [2.05, 4.69) is 6.42 Å². The van der Waals surface area contributed by atoms with Crippen LogP contribution in [-0.4, -0.2) is 6.61 Å². The molecule has 1 nitrogen and oxygen atoms in total. The molecule has 1 aliphatic heterocycles. The number of rotatable bonds is 0. The lowest BCUT2D eigenvalue weighted by Crippen LogP contribution is -1.82. The fraction of sp³-hybridized carbons (Fsp3) is 0.500. The molecule has 7 heavy (non-hydrogen) atoms. The van der Waals surface area contributed by atoms with Gasteiger partial charge in [-0.1, -0.05) is 0 Å². The normalized spacial score (nSPS) is 20.6. The summed E-state index contributed by atoms with van der Waals surface area (Å²) in [7, 11) is 0. The Morgan fingerprint density at radius 3 is 3.43 bits per heavy atom. The van der Waals surface area contributed by atoms with Gasteiger partial charge in [0.2, 0.25) is 0 Å². The first-order valence-corrected chi connectivity index (χ1v) is 2.58. The standard InChI is InChI=1S/C6H9O/c1-2-4-6-7-5-3-1/h1,4,6H,2-3,5H2. The Hall–Kier alpha value is -0.460. The predicted molar refractivity (Wildman–Crippen MR) is 28.6 cm³/mol. The van der Waals surface area contributed by atoms with Crippen molar-refractivity contribution in [2.45, 2.75) is 12.8 Å². The maximum absolute atomic E-state index is 4.98. The van der Waals surface area contributed by atoms with Crippen molar-refractivity contribution < 1.29 is 4.74 Å². The van der Waals surface area contributed by atoms with Gasteiger partial charge in [0.25, 0.3) is 0 Å². The van der Waals surface area contributed by atoms with Crippen LogP contribution in [0.3, 0.4) is 0 Å². The molecule has 0 spiro atoms. The Bertz CT molecular complexity index is 58.6. The van der Waals surface area contributed by atoms with Crippen LogP contribution in [-0.2, 0) is 4.74 Å². The molecule has 0 saturated carbocycles. The zero-order valence-corrected chi connectivity index (χ0v) is 4.26. The van der Waals surface area contributed by atoms with Crippen molar-refractivity contribution in [3.63, 3.8) is 0 Å². The zero-order valence-electron chi connectivity index (χ0n) is 4.26. The van der Waals surface area contributed by atoms with Crippen LogP contribution >= 0.6 is 0 Å². The zero-order chi connectivity index (χ0) is 4.95. The second kappa shape index (κ2) is 2.67. The first-order valence-electron chi connectivity index (χ1n) is 2.58. The largest absolute Gasteiger partial charge is 0.502 e. The molecule has 1 rings (SSSR count). The molecule has 0 amide bonds. The lowest BCUT2D eigenvalue weighted by molar-refractivity contribution is 0.257. The average Bonchev–Trinajstić information content (AvgIpc) is 1.90. The topological polar surface area (TPSA) is 9.23 Å². The van der Waals surface area contributed by atoms with Crippen molar-refractivity contribution in [1.82, 2.24) is 0 Å². The fourth-order valence-electron chi connectivity index (χ4n) is 0.557. The summed E-state index contributed by atoms with van der Waals surface area (Å²) >= 11 is 0. The number of ether oxygens (including phenoxy) is 1. The molecule has 0 unspecified atom stereocenters. The molecule has 0 aromatic heterocycles. The molecule has 1 heterocycles. The third-order valence-corrected chi connectivity index (χ3v) is 0.935. The van der Waals surface area contributed by atoms with Gasteiger partial charge in [0.05, 0.1) is 12.9 Å². The Kier molecular flexibility index (Phi) is 1.79. The van der Waals surface area contributed by atoms with Gasteiger partial charge in [-0.05, 0) is 25.3 Å². The van der Waals surface area contributed by atoms with Gasteiger partial charge in [-0.3, -0.25) is 0 Å². The van der Waals surface area contributed by atoms with Crippen molar-refractivity contribution in [3.8, 4) is 0 Å². The van der Waals surface area contributed by atoms with Gasteiger partial charge in [0.1, 0.15) is 0 Å². The van der Waals surface area contributed by atoms with Crippen LogP contribution in [0.25, 0.3) is 0 Å². The number of allylic oxidation sites excluding steroid dienone is 1. The molecule has 0 N–H and O–H groups in total. The highest BCUT2D eigenvalue weighted by Crippen LogP contribution is 2.00. The Balaban J connectivity index is 2.20. The lowest BCUT2D eigenvalue weighted by Gasteiger charge is -1.90. The molecule has 0 fully saturated rings. The number of hydrogen-bond acceptors (Lipinski definition) is 1. The van der Waals surface area contributed by atoms with E-state index in [1.165, 1.54) is 0 Å². The highest BCUT2D eigenvalue weighted by molar-refractivity contribution is 4.84. The van der Waals surface area contributed by atoms with Crippen LogP contribution in [0.5, 0.6) is 0 Å². The van der Waals surface area contributed by atoms with Crippen LogP contribution in [0.2, 0.25) is 0 Å². The molecule has 0 bridgehead atoms. The summed E-state index contributed by atoms with van der Waals surface area (Å²) < 4.78 is 4.98. The molecule has 0 aromatic rings. The third kappa shape index (κ3) is 1.62. The summed E-state index contributed by atoms with van der Waals surface area (Å²) in [5.41, 5.74) is 0. The van der Waals surface area contributed by atoms with Crippen LogP contribution in [0.15, 0.2) is 12.3 Å². The summed E-state index contributed by atoms with van der Waals surface area (Å²) in [4.78, 5) is 0. The summed E-state index contributed by atoms with van der Waals surface area (Å²) in [5.74, 6) is 0. The van der Waals surface area contributed by atoms with E-state index in [4.69, 9.17) is 4.74 Å². The minimum absolute atomic E-state index is 0.858. The highest BCUT2D eigenvalue weighted by atomic mass is 16.5. The van der Waals surface area contributed by atoms with Gasteiger partial charge in [0, 0.05) is 0 Å². The van der Waals surface area contributed by atoms with Crippen LogP contribution in [0, 0.1) is 6.42 Å². The van der Waals surface area contributed by atoms with E-state index in [9.17, 15) is 0 Å². The first kappa shape index (κ1) is 4.69. The average molecular weight is 97.1 g/mol. The minimum Gasteiger partial charge on any atom is -0.502 e. The van der Waals surface area contributed by atoms with Crippen LogP contribution < -0.4 is 0 Å². The van der Waals surface area contributed by atoms with Crippen LogP contribution in [0.4, 0.5) is 0 Å². The van der Waals surface area contributed by atoms with E-state index in [-0.39, 0.29) is 0 Å². The van der Waals surface area contributed by atoms with E-state index < -0.39 is 0 Å². The summed E-state index contributed by atoms with van der Waals surface area (Å²) in [6, 6.07) is 0. The molecule has 39 valence electrons. The lowest BCUT2D eigenvalue weighted by atomic mass is 10.2. The van der Waals surface area contributed by atoms with E-state index in [1.54, 1.807) is 6.26 Å². The van der Waals surface area contributed by atoms with Gasteiger partial charge in [-0.2, -0.15) is 0 Å². The second-order valence-electron chi connectivity index (χ2n) is 1.56. The molecule has 1 heteroatoms. The molecule has 1 radical (unpaired) electrons. The Labute approximate surface area is 44.0 Å². The van der Waals surface area contributed by atoms with Gasteiger partial charge in [-0.15, -0.1) is 0 Å². The molecular formula is C6H9O. The summed E-state index contributed by atoms with van der Waals surface area (Å²) in [6.07, 6.45) is 8.16. The fourth-order valence-corrected chi connectivity index (χ4v) is 0.557. The van der Waals surface area contributed by atoms with Crippen molar-refractivity contribution in [2.75, 3.05) is 6.61 Å².